The molecule has 0 aliphatic carbocycles. The fraction of sp³-hybridized carbons (Fsp3) is 0.0667. The van der Waals surface area contributed by atoms with Crippen LogP contribution in [0, 0.1) is 5.82 Å². The number of halogens is 2. The maximum Gasteiger partial charge on any atom is 0.322 e. The van der Waals surface area contributed by atoms with E-state index in [-0.39, 0.29) is 11.8 Å². The Labute approximate surface area is 125 Å². The summed E-state index contributed by atoms with van der Waals surface area (Å²) in [5.74, 6) is -0.189. The van der Waals surface area contributed by atoms with E-state index in [0.717, 1.165) is 5.56 Å². The molecular formula is C15H11ClFN3O. The van der Waals surface area contributed by atoms with E-state index in [1.807, 2.05) is 18.2 Å². The first-order chi connectivity index (χ1) is 10.2. The van der Waals surface area contributed by atoms with Crippen LogP contribution in [0.2, 0.25) is 5.02 Å². The summed E-state index contributed by atoms with van der Waals surface area (Å²) < 4.78 is 18.7. The van der Waals surface area contributed by atoms with Crippen LogP contribution in [0.5, 0.6) is 0 Å². The molecule has 0 amide bonds. The summed E-state index contributed by atoms with van der Waals surface area (Å²) in [5, 5.41) is 7.38. The van der Waals surface area contributed by atoms with Crippen molar-refractivity contribution in [3.05, 3.63) is 64.9 Å². The first kappa shape index (κ1) is 13.6. The smallest absolute Gasteiger partial charge is 0.322 e. The minimum absolute atomic E-state index is 0.203. The molecule has 1 heterocycles. The highest BCUT2D eigenvalue weighted by Crippen LogP contribution is 2.21. The minimum atomic E-state index is -0.393. The summed E-state index contributed by atoms with van der Waals surface area (Å²) in [6.07, 6.45) is 0. The predicted octanol–water partition coefficient (Wildman–Crippen LogP) is 4.14. The van der Waals surface area contributed by atoms with Gasteiger partial charge in [0.1, 0.15) is 5.82 Å². The minimum Gasteiger partial charge on any atom is -0.334 e. The molecule has 1 N–H and O–H groups in total. The summed E-state index contributed by atoms with van der Waals surface area (Å²) in [4.78, 5) is 4.11. The SMILES string of the molecule is Fc1ccccc1-c1noc(NCc2ccccc2Cl)n1. The highest BCUT2D eigenvalue weighted by atomic mass is 35.5. The van der Waals surface area contributed by atoms with E-state index in [1.165, 1.54) is 6.07 Å². The predicted molar refractivity (Wildman–Crippen MR) is 78.5 cm³/mol. The van der Waals surface area contributed by atoms with Gasteiger partial charge in [0, 0.05) is 11.6 Å². The quantitative estimate of drug-likeness (QED) is 0.787. The first-order valence-electron chi connectivity index (χ1n) is 6.30. The first-order valence-corrected chi connectivity index (χ1v) is 6.68. The second-order valence-corrected chi connectivity index (χ2v) is 4.76. The lowest BCUT2D eigenvalue weighted by Crippen LogP contribution is -2.00. The normalized spacial score (nSPS) is 10.6. The molecule has 6 heteroatoms. The van der Waals surface area contributed by atoms with Gasteiger partial charge < -0.3 is 9.84 Å². The van der Waals surface area contributed by atoms with Crippen LogP contribution in [-0.4, -0.2) is 10.1 Å². The highest BCUT2D eigenvalue weighted by molar-refractivity contribution is 6.31. The molecular weight excluding hydrogens is 293 g/mol. The third-order valence-electron chi connectivity index (χ3n) is 2.93. The Bertz CT molecular complexity index is 760. The fourth-order valence-corrected chi connectivity index (χ4v) is 2.06. The van der Waals surface area contributed by atoms with Crippen LogP contribution in [0.25, 0.3) is 11.4 Å². The number of anilines is 1. The molecule has 3 aromatic rings. The van der Waals surface area contributed by atoms with Crippen LogP contribution in [0.1, 0.15) is 5.56 Å². The Morgan fingerprint density at radius 3 is 2.67 bits per heavy atom. The summed E-state index contributed by atoms with van der Waals surface area (Å²) in [7, 11) is 0. The lowest BCUT2D eigenvalue weighted by atomic mass is 10.2. The highest BCUT2D eigenvalue weighted by Gasteiger charge is 2.12. The number of nitrogens with zero attached hydrogens (tertiary/aromatic N) is 2. The molecule has 0 unspecified atom stereocenters. The van der Waals surface area contributed by atoms with Gasteiger partial charge in [-0.15, -0.1) is 0 Å². The van der Waals surface area contributed by atoms with Crippen LogP contribution in [0.15, 0.2) is 53.1 Å². The van der Waals surface area contributed by atoms with Gasteiger partial charge in [0.15, 0.2) is 0 Å². The van der Waals surface area contributed by atoms with E-state index in [0.29, 0.717) is 17.1 Å². The van der Waals surface area contributed by atoms with Crippen molar-refractivity contribution in [3.8, 4) is 11.4 Å². The maximum absolute atomic E-state index is 13.6. The third-order valence-corrected chi connectivity index (χ3v) is 3.30. The van der Waals surface area contributed by atoms with Gasteiger partial charge in [-0.3, -0.25) is 0 Å². The second-order valence-electron chi connectivity index (χ2n) is 4.35. The van der Waals surface area contributed by atoms with Crippen LogP contribution >= 0.6 is 11.6 Å². The summed E-state index contributed by atoms with van der Waals surface area (Å²) in [5.41, 5.74) is 1.21. The van der Waals surface area contributed by atoms with E-state index in [2.05, 4.69) is 15.5 Å². The molecule has 1 aromatic heterocycles. The van der Waals surface area contributed by atoms with Crippen LogP contribution in [0.4, 0.5) is 10.4 Å². The zero-order valence-electron chi connectivity index (χ0n) is 10.9. The largest absolute Gasteiger partial charge is 0.334 e. The molecule has 0 saturated heterocycles. The number of aromatic nitrogens is 2. The van der Waals surface area contributed by atoms with Gasteiger partial charge in [-0.05, 0) is 23.8 Å². The van der Waals surface area contributed by atoms with Crippen molar-refractivity contribution in [2.45, 2.75) is 6.54 Å². The molecule has 0 aliphatic heterocycles. The number of hydrogen-bond donors (Lipinski definition) is 1. The molecule has 3 rings (SSSR count). The summed E-state index contributed by atoms with van der Waals surface area (Å²) in [6.45, 7) is 0.443. The molecule has 0 fully saturated rings. The molecule has 21 heavy (non-hydrogen) atoms. The standard InChI is InChI=1S/C15H11ClFN3O/c16-12-7-3-1-5-10(12)9-18-15-19-14(20-21-15)11-6-2-4-8-13(11)17/h1-8H,9H2,(H,18,19,20). The Hall–Kier alpha value is -2.40. The van der Waals surface area contributed by atoms with Gasteiger partial charge in [-0.25, -0.2) is 4.39 Å². The van der Waals surface area contributed by atoms with Gasteiger partial charge >= 0.3 is 6.01 Å². The van der Waals surface area contributed by atoms with Crippen molar-refractivity contribution in [3.63, 3.8) is 0 Å². The molecule has 0 aliphatic rings. The summed E-state index contributed by atoms with van der Waals surface area (Å²) >= 11 is 6.06. The molecule has 0 atom stereocenters. The Balaban J connectivity index is 1.74. The van der Waals surface area contributed by atoms with Crippen molar-refractivity contribution < 1.29 is 8.91 Å². The van der Waals surface area contributed by atoms with E-state index in [1.54, 1.807) is 24.3 Å². The summed E-state index contributed by atoms with van der Waals surface area (Å²) in [6, 6.07) is 13.9. The van der Waals surface area contributed by atoms with Gasteiger partial charge in [-0.2, -0.15) is 4.98 Å². The van der Waals surface area contributed by atoms with Gasteiger partial charge in [-0.1, -0.05) is 47.1 Å². The maximum atomic E-state index is 13.6. The molecule has 106 valence electrons. The number of rotatable bonds is 4. The molecule has 4 nitrogen and oxygen atoms in total. The Morgan fingerprint density at radius 1 is 1.10 bits per heavy atom. The van der Waals surface area contributed by atoms with E-state index in [4.69, 9.17) is 16.1 Å². The monoisotopic (exact) mass is 303 g/mol. The second kappa shape index (κ2) is 5.93. The van der Waals surface area contributed by atoms with E-state index < -0.39 is 5.82 Å². The van der Waals surface area contributed by atoms with Gasteiger partial charge in [0.25, 0.3) is 0 Å². The van der Waals surface area contributed by atoms with Crippen LogP contribution in [0.3, 0.4) is 0 Å². The zero-order valence-corrected chi connectivity index (χ0v) is 11.6. The topological polar surface area (TPSA) is 51.0 Å². The Kier molecular flexibility index (Phi) is 3.83. The molecule has 0 spiro atoms. The Morgan fingerprint density at radius 2 is 1.86 bits per heavy atom. The average Bonchev–Trinajstić information content (AvgIpc) is 2.96. The molecule has 2 aromatic carbocycles. The van der Waals surface area contributed by atoms with Crippen molar-refractivity contribution in [2.24, 2.45) is 0 Å². The molecule has 0 bridgehead atoms. The van der Waals surface area contributed by atoms with Crippen molar-refractivity contribution in [2.75, 3.05) is 5.32 Å². The number of benzene rings is 2. The molecule has 0 saturated carbocycles. The van der Waals surface area contributed by atoms with Gasteiger partial charge in [0.2, 0.25) is 5.82 Å². The van der Waals surface area contributed by atoms with E-state index in [9.17, 15) is 4.39 Å². The van der Waals surface area contributed by atoms with Crippen LogP contribution in [-0.2, 0) is 6.54 Å². The van der Waals surface area contributed by atoms with Crippen molar-refractivity contribution in [1.29, 1.82) is 0 Å². The third kappa shape index (κ3) is 3.03. The lowest BCUT2D eigenvalue weighted by Gasteiger charge is -2.03. The average molecular weight is 304 g/mol. The number of hydrogen-bond acceptors (Lipinski definition) is 4. The van der Waals surface area contributed by atoms with E-state index >= 15 is 0 Å². The molecule has 0 radical (unpaired) electrons. The fourth-order valence-electron chi connectivity index (χ4n) is 1.86. The van der Waals surface area contributed by atoms with Crippen molar-refractivity contribution >= 4 is 17.6 Å². The lowest BCUT2D eigenvalue weighted by molar-refractivity contribution is 0.431. The van der Waals surface area contributed by atoms with Crippen molar-refractivity contribution in [1.82, 2.24) is 10.1 Å². The van der Waals surface area contributed by atoms with Crippen LogP contribution < -0.4 is 5.32 Å². The number of nitrogens with one attached hydrogen (secondary N) is 1. The zero-order chi connectivity index (χ0) is 14.7. The van der Waals surface area contributed by atoms with Gasteiger partial charge in [0.05, 0.1) is 5.56 Å².